The van der Waals surface area contributed by atoms with E-state index < -0.39 is 0 Å². The van der Waals surface area contributed by atoms with Gasteiger partial charge in [0.2, 0.25) is 5.91 Å². The maximum atomic E-state index is 13.6. The highest BCUT2D eigenvalue weighted by Gasteiger charge is 2.43. The number of rotatable bonds is 11. The molecule has 3 heterocycles. The molecule has 0 aliphatic carbocycles. The molecule has 0 saturated carbocycles. The number of aromatic nitrogens is 2. The van der Waals surface area contributed by atoms with Gasteiger partial charge in [0, 0.05) is 58.2 Å². The van der Waals surface area contributed by atoms with E-state index >= 15 is 0 Å². The van der Waals surface area contributed by atoms with Crippen LogP contribution < -0.4 is 10.3 Å². The monoisotopic (exact) mass is 520 g/mol. The van der Waals surface area contributed by atoms with Crippen LogP contribution in [0.25, 0.3) is 0 Å². The van der Waals surface area contributed by atoms with Gasteiger partial charge in [0.1, 0.15) is 0 Å². The number of benzene rings is 2. The molecule has 2 atom stereocenters. The minimum Gasteiger partial charge on any atom is -0.307 e. The van der Waals surface area contributed by atoms with E-state index in [-0.39, 0.29) is 17.9 Å². The van der Waals surface area contributed by atoms with Crippen molar-refractivity contribution in [2.75, 3.05) is 18.6 Å². The predicted molar refractivity (Wildman–Crippen MR) is 154 cm³/mol. The first-order chi connectivity index (χ1) is 19.1. The zero-order chi connectivity index (χ0) is 27.0. The molecule has 200 valence electrons. The molecule has 1 saturated heterocycles. The molecule has 0 bridgehead atoms. The highest BCUT2D eigenvalue weighted by Crippen LogP contribution is 2.30. The number of carbonyl (C=O) groups excluding carboxylic acids is 1. The fraction of sp³-hybridized carbons (Fsp3) is 0.281. The van der Waals surface area contributed by atoms with Crippen molar-refractivity contribution in [1.29, 1.82) is 0 Å². The van der Waals surface area contributed by atoms with Gasteiger partial charge in [-0.15, -0.1) is 0 Å². The van der Waals surface area contributed by atoms with Gasteiger partial charge >= 0.3 is 0 Å². The van der Waals surface area contributed by atoms with Gasteiger partial charge in [-0.25, -0.2) is 10.0 Å². The molecule has 1 aliphatic heterocycles. The van der Waals surface area contributed by atoms with Crippen LogP contribution in [0.1, 0.15) is 29.4 Å². The largest absolute Gasteiger partial charge is 0.307 e. The van der Waals surface area contributed by atoms with E-state index in [1.165, 1.54) is 11.1 Å². The van der Waals surface area contributed by atoms with Crippen molar-refractivity contribution in [3.05, 3.63) is 126 Å². The number of anilines is 1. The maximum absolute atomic E-state index is 13.6. The van der Waals surface area contributed by atoms with Crippen LogP contribution in [0, 0.1) is 5.92 Å². The Kier molecular flexibility index (Phi) is 8.73. The van der Waals surface area contributed by atoms with Crippen LogP contribution >= 0.6 is 0 Å². The lowest BCUT2D eigenvalue weighted by Crippen LogP contribution is -2.38. The lowest BCUT2D eigenvalue weighted by molar-refractivity contribution is -0.121. The summed E-state index contributed by atoms with van der Waals surface area (Å²) in [7, 11) is 2.00. The van der Waals surface area contributed by atoms with Crippen LogP contribution in [0.4, 0.5) is 5.69 Å². The molecule has 2 aromatic carbocycles. The molecule has 0 spiro atoms. The summed E-state index contributed by atoms with van der Waals surface area (Å²) in [5.74, 6) is -0.00876. The molecule has 1 N–H and O–H groups in total. The number of hydrogen-bond donors (Lipinski definition) is 1. The second-order valence-electron chi connectivity index (χ2n) is 10.1. The molecule has 0 radical (unpaired) electrons. The lowest BCUT2D eigenvalue weighted by atomic mass is 10.0. The molecule has 1 fully saturated rings. The van der Waals surface area contributed by atoms with Crippen molar-refractivity contribution in [1.82, 2.24) is 25.2 Å². The van der Waals surface area contributed by atoms with Crippen LogP contribution in [0.3, 0.4) is 0 Å². The molecule has 2 unspecified atom stereocenters. The standard InChI is InChI=1S/C32H36N6O/c1-25-31(32(39)38(36(25)2)30-12-4-3-5-13-30)24-37(23-29-11-7-9-19-35-29)22-27-16-14-26(15-17-27)20-33-21-28-10-6-8-18-34-28/h3-19,25,31,33H,20-24H2,1-2H3. The summed E-state index contributed by atoms with van der Waals surface area (Å²) in [5.41, 5.74) is 5.38. The normalized spacial score (nSPS) is 17.7. The van der Waals surface area contributed by atoms with E-state index in [4.69, 9.17) is 0 Å². The SMILES string of the molecule is CC1C(CN(Cc2ccc(CNCc3ccccn3)cc2)Cc2ccccn2)C(=O)N(c2ccccc2)N1C. The molecule has 4 aromatic rings. The molecule has 1 aliphatic rings. The average molecular weight is 521 g/mol. The fourth-order valence-corrected chi connectivity index (χ4v) is 5.11. The summed E-state index contributed by atoms with van der Waals surface area (Å²) in [6.45, 7) is 5.73. The van der Waals surface area contributed by atoms with Gasteiger partial charge in [-0.2, -0.15) is 0 Å². The van der Waals surface area contributed by atoms with Crippen LogP contribution in [0.5, 0.6) is 0 Å². The number of hydrogen-bond acceptors (Lipinski definition) is 6. The van der Waals surface area contributed by atoms with Gasteiger partial charge in [0.25, 0.3) is 0 Å². The van der Waals surface area contributed by atoms with Crippen molar-refractivity contribution in [3.8, 4) is 0 Å². The van der Waals surface area contributed by atoms with Crippen LogP contribution in [0.15, 0.2) is 103 Å². The zero-order valence-corrected chi connectivity index (χ0v) is 22.6. The van der Waals surface area contributed by atoms with Crippen molar-refractivity contribution in [2.24, 2.45) is 5.92 Å². The van der Waals surface area contributed by atoms with Crippen molar-refractivity contribution in [2.45, 2.75) is 39.1 Å². The van der Waals surface area contributed by atoms with Gasteiger partial charge in [0.15, 0.2) is 0 Å². The number of hydrazine groups is 1. The minimum atomic E-state index is -0.144. The second-order valence-corrected chi connectivity index (χ2v) is 10.1. The Morgan fingerprint density at radius 2 is 1.41 bits per heavy atom. The molecule has 5 rings (SSSR count). The Morgan fingerprint density at radius 1 is 0.769 bits per heavy atom. The summed E-state index contributed by atoms with van der Waals surface area (Å²) >= 11 is 0. The van der Waals surface area contributed by atoms with E-state index in [9.17, 15) is 4.79 Å². The van der Waals surface area contributed by atoms with Crippen molar-refractivity contribution < 1.29 is 4.79 Å². The van der Waals surface area contributed by atoms with E-state index in [2.05, 4.69) is 56.4 Å². The summed E-state index contributed by atoms with van der Waals surface area (Å²) < 4.78 is 0. The van der Waals surface area contributed by atoms with E-state index in [0.717, 1.165) is 36.7 Å². The Labute approximate surface area is 231 Å². The number of nitrogens with one attached hydrogen (secondary N) is 1. The topological polar surface area (TPSA) is 64.6 Å². The number of carbonyl (C=O) groups is 1. The third-order valence-electron chi connectivity index (χ3n) is 7.37. The zero-order valence-electron chi connectivity index (χ0n) is 22.6. The number of nitrogens with zero attached hydrogens (tertiary/aromatic N) is 5. The molecule has 7 nitrogen and oxygen atoms in total. The van der Waals surface area contributed by atoms with Gasteiger partial charge in [-0.3, -0.25) is 19.7 Å². The quantitative estimate of drug-likeness (QED) is 0.310. The summed E-state index contributed by atoms with van der Waals surface area (Å²) in [5, 5.41) is 7.35. The molecular weight excluding hydrogens is 484 g/mol. The summed E-state index contributed by atoms with van der Waals surface area (Å²) in [4.78, 5) is 24.9. The Bertz CT molecular complexity index is 1320. The number of para-hydroxylation sites is 1. The van der Waals surface area contributed by atoms with Crippen molar-refractivity contribution in [3.63, 3.8) is 0 Å². The Hall–Kier alpha value is -3.91. The van der Waals surface area contributed by atoms with Gasteiger partial charge in [-0.05, 0) is 54.4 Å². The Morgan fingerprint density at radius 3 is 2.08 bits per heavy atom. The van der Waals surface area contributed by atoms with Gasteiger partial charge in [0.05, 0.1) is 23.0 Å². The lowest BCUT2D eigenvalue weighted by Gasteiger charge is -2.27. The summed E-state index contributed by atoms with van der Waals surface area (Å²) in [6, 6.07) is 30.7. The third-order valence-corrected chi connectivity index (χ3v) is 7.37. The molecule has 1 amide bonds. The third kappa shape index (κ3) is 6.75. The maximum Gasteiger partial charge on any atom is 0.247 e. The minimum absolute atomic E-state index is 0.0801. The summed E-state index contributed by atoms with van der Waals surface area (Å²) in [6.07, 6.45) is 3.65. The van der Waals surface area contributed by atoms with Crippen LogP contribution in [-0.2, 0) is 31.0 Å². The fourth-order valence-electron chi connectivity index (χ4n) is 5.11. The first-order valence-electron chi connectivity index (χ1n) is 13.5. The molecule has 39 heavy (non-hydrogen) atoms. The predicted octanol–water partition coefficient (Wildman–Crippen LogP) is 4.67. The molecule has 7 heteroatoms. The second kappa shape index (κ2) is 12.8. The average Bonchev–Trinajstić information content (AvgIpc) is 3.18. The van der Waals surface area contributed by atoms with Crippen LogP contribution in [0.2, 0.25) is 0 Å². The first-order valence-corrected chi connectivity index (χ1v) is 13.5. The van der Waals surface area contributed by atoms with E-state index in [1.54, 1.807) is 0 Å². The smallest absolute Gasteiger partial charge is 0.247 e. The number of amides is 1. The van der Waals surface area contributed by atoms with E-state index in [1.807, 2.05) is 91.2 Å². The van der Waals surface area contributed by atoms with Gasteiger partial charge < -0.3 is 5.32 Å². The Balaban J connectivity index is 1.26. The number of pyridine rings is 2. The van der Waals surface area contributed by atoms with Crippen LogP contribution in [-0.4, -0.2) is 45.4 Å². The highest BCUT2D eigenvalue weighted by molar-refractivity contribution is 5.96. The van der Waals surface area contributed by atoms with E-state index in [0.29, 0.717) is 13.1 Å². The van der Waals surface area contributed by atoms with Crippen molar-refractivity contribution >= 4 is 11.6 Å². The molecular formula is C32H36N6O. The van der Waals surface area contributed by atoms with Gasteiger partial charge in [-0.1, -0.05) is 54.6 Å². The first kappa shape index (κ1) is 26.7. The highest BCUT2D eigenvalue weighted by atomic mass is 16.2. The molecule has 2 aromatic heterocycles.